The van der Waals surface area contributed by atoms with Gasteiger partial charge in [0.05, 0.1) is 0 Å². The summed E-state index contributed by atoms with van der Waals surface area (Å²) in [5.41, 5.74) is 0. The first kappa shape index (κ1) is 12.6. The van der Waals surface area contributed by atoms with Crippen molar-refractivity contribution in [2.45, 2.75) is 13.3 Å². The minimum Gasteiger partial charge on any atom is -0.360 e. The Morgan fingerprint density at radius 3 is 3.12 bits per heavy atom. The highest BCUT2D eigenvalue weighted by Crippen LogP contribution is 2.22. The second kappa shape index (κ2) is 6.20. The molecule has 1 unspecified atom stereocenters. The number of amides is 1. The average molecular weight is 272 g/mol. The molecular formula is C10H16N4OS2. The first-order valence-corrected chi connectivity index (χ1v) is 7.70. The first-order chi connectivity index (χ1) is 8.29. The highest BCUT2D eigenvalue weighted by Gasteiger charge is 2.18. The summed E-state index contributed by atoms with van der Waals surface area (Å²) < 4.78 is 0. The Morgan fingerprint density at radius 2 is 2.41 bits per heavy atom. The third kappa shape index (κ3) is 3.57. The zero-order chi connectivity index (χ0) is 12.1. The maximum absolute atomic E-state index is 11.8. The Balaban J connectivity index is 1.81. The molecule has 1 fully saturated rings. The smallest absolute Gasteiger partial charge is 0.282 e. The van der Waals surface area contributed by atoms with Gasteiger partial charge in [-0.2, -0.15) is 11.8 Å². The van der Waals surface area contributed by atoms with Crippen molar-refractivity contribution in [3.05, 3.63) is 5.01 Å². The molecule has 1 amide bonds. The molecule has 1 atom stereocenters. The number of thioether (sulfide) groups is 1. The van der Waals surface area contributed by atoms with E-state index in [1.165, 1.54) is 23.5 Å². The van der Waals surface area contributed by atoms with Crippen LogP contribution in [0.15, 0.2) is 0 Å². The van der Waals surface area contributed by atoms with Gasteiger partial charge in [-0.25, -0.2) is 0 Å². The van der Waals surface area contributed by atoms with Crippen LogP contribution < -0.4 is 10.6 Å². The third-order valence-electron chi connectivity index (χ3n) is 2.52. The summed E-state index contributed by atoms with van der Waals surface area (Å²) in [7, 11) is 0. The fraction of sp³-hybridized carbons (Fsp3) is 0.700. The first-order valence-electron chi connectivity index (χ1n) is 5.73. The van der Waals surface area contributed by atoms with Gasteiger partial charge < -0.3 is 10.6 Å². The van der Waals surface area contributed by atoms with E-state index >= 15 is 0 Å². The molecule has 94 valence electrons. The summed E-state index contributed by atoms with van der Waals surface area (Å²) in [6, 6.07) is 0. The summed E-state index contributed by atoms with van der Waals surface area (Å²) >= 11 is 3.25. The van der Waals surface area contributed by atoms with Crippen molar-refractivity contribution >= 4 is 34.1 Å². The topological polar surface area (TPSA) is 66.9 Å². The van der Waals surface area contributed by atoms with E-state index in [1.54, 1.807) is 0 Å². The zero-order valence-electron chi connectivity index (χ0n) is 9.73. The van der Waals surface area contributed by atoms with Gasteiger partial charge in [0.25, 0.3) is 5.91 Å². The number of hydrogen-bond acceptors (Lipinski definition) is 6. The molecule has 17 heavy (non-hydrogen) atoms. The minimum absolute atomic E-state index is 0.108. The molecule has 0 saturated carbocycles. The third-order valence-corrected chi connectivity index (χ3v) is 4.63. The number of anilines is 1. The van der Waals surface area contributed by atoms with Gasteiger partial charge >= 0.3 is 0 Å². The van der Waals surface area contributed by atoms with Crippen LogP contribution in [0.5, 0.6) is 0 Å². The lowest BCUT2D eigenvalue weighted by Gasteiger charge is -2.07. The van der Waals surface area contributed by atoms with Gasteiger partial charge in [0.15, 0.2) is 0 Å². The van der Waals surface area contributed by atoms with E-state index in [2.05, 4.69) is 20.8 Å². The van der Waals surface area contributed by atoms with Gasteiger partial charge in [-0.1, -0.05) is 11.3 Å². The summed E-state index contributed by atoms with van der Waals surface area (Å²) in [6.45, 7) is 3.52. The fourth-order valence-corrected chi connectivity index (χ4v) is 3.61. The van der Waals surface area contributed by atoms with Crippen LogP contribution in [0.2, 0.25) is 0 Å². The molecule has 2 rings (SSSR count). The molecule has 1 aliphatic heterocycles. The summed E-state index contributed by atoms with van der Waals surface area (Å²) in [5, 5.41) is 14.9. The Morgan fingerprint density at radius 1 is 1.53 bits per heavy atom. The molecule has 0 radical (unpaired) electrons. The monoisotopic (exact) mass is 272 g/mol. The van der Waals surface area contributed by atoms with Crippen LogP contribution in [0.25, 0.3) is 0 Å². The van der Waals surface area contributed by atoms with E-state index in [-0.39, 0.29) is 5.91 Å². The lowest BCUT2D eigenvalue weighted by Crippen LogP contribution is -2.29. The van der Waals surface area contributed by atoms with Gasteiger partial charge in [-0.15, -0.1) is 10.2 Å². The average Bonchev–Trinajstić information content (AvgIpc) is 2.97. The van der Waals surface area contributed by atoms with Crippen LogP contribution in [0.4, 0.5) is 5.13 Å². The summed E-state index contributed by atoms with van der Waals surface area (Å²) in [5.74, 6) is 2.87. The molecule has 7 heteroatoms. The summed E-state index contributed by atoms with van der Waals surface area (Å²) in [6.07, 6.45) is 1.20. The van der Waals surface area contributed by atoms with Gasteiger partial charge in [0.2, 0.25) is 10.1 Å². The molecule has 0 spiro atoms. The second-order valence-corrected chi connectivity index (χ2v) is 6.01. The van der Waals surface area contributed by atoms with Crippen LogP contribution in [-0.4, -0.2) is 40.7 Å². The van der Waals surface area contributed by atoms with Crippen molar-refractivity contribution in [3.8, 4) is 0 Å². The molecule has 2 N–H and O–H groups in total. The number of nitrogens with zero attached hydrogens (tertiary/aromatic N) is 2. The zero-order valence-corrected chi connectivity index (χ0v) is 11.4. The predicted molar refractivity (Wildman–Crippen MR) is 71.8 cm³/mol. The number of hydrogen-bond donors (Lipinski definition) is 2. The lowest BCUT2D eigenvalue weighted by molar-refractivity contribution is 0.0947. The van der Waals surface area contributed by atoms with Crippen LogP contribution in [0.1, 0.15) is 23.1 Å². The van der Waals surface area contributed by atoms with E-state index in [0.29, 0.717) is 16.1 Å². The number of aromatic nitrogens is 2. The number of carbonyl (C=O) groups is 1. The largest absolute Gasteiger partial charge is 0.360 e. The van der Waals surface area contributed by atoms with Crippen LogP contribution in [-0.2, 0) is 0 Å². The lowest BCUT2D eigenvalue weighted by atomic mass is 10.1. The van der Waals surface area contributed by atoms with E-state index in [0.717, 1.165) is 18.8 Å². The molecular weight excluding hydrogens is 256 g/mol. The fourth-order valence-electron chi connectivity index (χ4n) is 1.59. The highest BCUT2D eigenvalue weighted by atomic mass is 32.2. The van der Waals surface area contributed by atoms with Gasteiger partial charge in [-0.05, 0) is 30.8 Å². The van der Waals surface area contributed by atoms with Crippen LogP contribution in [0.3, 0.4) is 0 Å². The van der Waals surface area contributed by atoms with Gasteiger partial charge in [0.1, 0.15) is 0 Å². The maximum Gasteiger partial charge on any atom is 0.282 e. The Bertz CT molecular complexity index is 376. The predicted octanol–water partition coefficient (Wildman–Crippen LogP) is 1.45. The van der Waals surface area contributed by atoms with E-state index in [9.17, 15) is 4.79 Å². The number of nitrogens with one attached hydrogen (secondary N) is 2. The Hall–Kier alpha value is -0.820. The molecule has 5 nitrogen and oxygen atoms in total. The Labute approximate surface area is 109 Å². The van der Waals surface area contributed by atoms with Crippen LogP contribution >= 0.6 is 23.1 Å². The molecule has 1 aromatic rings. The quantitative estimate of drug-likeness (QED) is 0.849. The Kier molecular flexibility index (Phi) is 4.61. The number of carbonyl (C=O) groups excluding carboxylic acids is 1. The van der Waals surface area contributed by atoms with Crippen LogP contribution in [0, 0.1) is 5.92 Å². The van der Waals surface area contributed by atoms with Crippen molar-refractivity contribution in [3.63, 3.8) is 0 Å². The van der Waals surface area contributed by atoms with Gasteiger partial charge in [-0.3, -0.25) is 4.79 Å². The van der Waals surface area contributed by atoms with Gasteiger partial charge in [0, 0.05) is 13.1 Å². The second-order valence-electron chi connectivity index (χ2n) is 3.88. The highest BCUT2D eigenvalue weighted by molar-refractivity contribution is 7.99. The van der Waals surface area contributed by atoms with Crippen molar-refractivity contribution in [2.75, 3.05) is 29.9 Å². The SMILES string of the molecule is CCNc1nnc(C(=O)NCC2CCSC2)s1. The molecule has 2 heterocycles. The number of rotatable bonds is 5. The minimum atomic E-state index is -0.108. The van der Waals surface area contributed by atoms with Crippen molar-refractivity contribution < 1.29 is 4.79 Å². The maximum atomic E-state index is 11.8. The standard InChI is InChI=1S/C10H16N4OS2/c1-2-11-10-14-13-9(17-10)8(15)12-5-7-3-4-16-6-7/h7H,2-6H2,1H3,(H,11,14)(H,12,15). The molecule has 0 aromatic carbocycles. The molecule has 1 saturated heterocycles. The van der Waals surface area contributed by atoms with Crippen molar-refractivity contribution in [1.82, 2.24) is 15.5 Å². The normalized spacial score (nSPS) is 19.2. The molecule has 0 bridgehead atoms. The van der Waals surface area contributed by atoms with E-state index < -0.39 is 0 Å². The molecule has 0 aliphatic carbocycles. The molecule has 1 aliphatic rings. The molecule has 1 aromatic heterocycles. The van der Waals surface area contributed by atoms with E-state index in [1.807, 2.05) is 18.7 Å². The van der Waals surface area contributed by atoms with Crippen molar-refractivity contribution in [1.29, 1.82) is 0 Å². The van der Waals surface area contributed by atoms with E-state index in [4.69, 9.17) is 0 Å². The van der Waals surface area contributed by atoms with Crippen molar-refractivity contribution in [2.24, 2.45) is 5.92 Å². The summed E-state index contributed by atoms with van der Waals surface area (Å²) in [4.78, 5) is 11.8.